The van der Waals surface area contributed by atoms with Gasteiger partial charge in [0.2, 0.25) is 0 Å². The summed E-state index contributed by atoms with van der Waals surface area (Å²) in [7, 11) is 0. The van der Waals surface area contributed by atoms with E-state index in [2.05, 4.69) is 26.0 Å². The van der Waals surface area contributed by atoms with Crippen LogP contribution in [-0.2, 0) is 4.74 Å². The van der Waals surface area contributed by atoms with Crippen molar-refractivity contribution in [2.24, 2.45) is 0 Å². The van der Waals surface area contributed by atoms with Crippen LogP contribution in [0.3, 0.4) is 0 Å². The largest absolute Gasteiger partial charge is 0.488 e. The number of hydrogen-bond donors (Lipinski definition) is 0. The van der Waals surface area contributed by atoms with E-state index in [9.17, 15) is 4.79 Å². The molecule has 0 spiro atoms. The zero-order chi connectivity index (χ0) is 15.5. The second kappa shape index (κ2) is 6.32. The number of aryl methyl sites for hydroxylation is 2. The van der Waals surface area contributed by atoms with Crippen LogP contribution in [0.5, 0.6) is 5.75 Å². The smallest absolute Gasteiger partial charge is 0.150 e. The molecule has 2 aromatic carbocycles. The molecule has 1 heterocycles. The lowest BCUT2D eigenvalue weighted by Crippen LogP contribution is -2.15. The van der Waals surface area contributed by atoms with Gasteiger partial charge in [-0.2, -0.15) is 0 Å². The number of carbonyl (C=O) groups excluding carboxylic acids is 1. The summed E-state index contributed by atoms with van der Waals surface area (Å²) in [5, 5.41) is 0. The minimum absolute atomic E-state index is 0.156. The second-order valence-corrected chi connectivity index (χ2v) is 5.78. The van der Waals surface area contributed by atoms with Crippen LogP contribution in [0.25, 0.3) is 11.1 Å². The van der Waals surface area contributed by atoms with Crippen molar-refractivity contribution in [2.75, 3.05) is 13.2 Å². The number of carbonyl (C=O) groups is 1. The van der Waals surface area contributed by atoms with E-state index in [0.717, 1.165) is 41.8 Å². The van der Waals surface area contributed by atoms with Crippen molar-refractivity contribution in [2.45, 2.75) is 26.4 Å². The van der Waals surface area contributed by atoms with Crippen LogP contribution in [-0.4, -0.2) is 25.6 Å². The Morgan fingerprint density at radius 3 is 2.59 bits per heavy atom. The summed E-state index contributed by atoms with van der Waals surface area (Å²) in [6.07, 6.45) is 1.98. The first-order valence-corrected chi connectivity index (χ1v) is 7.58. The first-order valence-electron chi connectivity index (χ1n) is 7.58. The molecule has 1 saturated heterocycles. The van der Waals surface area contributed by atoms with E-state index in [0.29, 0.717) is 12.2 Å². The fourth-order valence-electron chi connectivity index (χ4n) is 3.01. The predicted octanol–water partition coefficient (Wildman–Crippen LogP) is 3.95. The molecule has 1 aliphatic rings. The van der Waals surface area contributed by atoms with Crippen LogP contribution < -0.4 is 4.74 Å². The van der Waals surface area contributed by atoms with E-state index >= 15 is 0 Å². The molecule has 0 aromatic heterocycles. The fourth-order valence-corrected chi connectivity index (χ4v) is 3.01. The van der Waals surface area contributed by atoms with Gasteiger partial charge in [0, 0.05) is 12.0 Å². The minimum atomic E-state index is 0.156. The van der Waals surface area contributed by atoms with E-state index in [1.807, 2.05) is 24.3 Å². The average Bonchev–Trinajstić information content (AvgIpc) is 2.99. The number of benzene rings is 2. The summed E-state index contributed by atoms with van der Waals surface area (Å²) >= 11 is 0. The molecule has 1 fully saturated rings. The van der Waals surface area contributed by atoms with Crippen molar-refractivity contribution in [1.82, 2.24) is 0 Å². The fraction of sp³-hybridized carbons (Fsp3) is 0.316. The molecule has 3 rings (SSSR count). The first-order chi connectivity index (χ1) is 10.7. The molecule has 2 aromatic rings. The van der Waals surface area contributed by atoms with Crippen LogP contribution in [0.15, 0.2) is 36.4 Å². The normalized spacial score (nSPS) is 17.5. The molecule has 0 amide bonds. The lowest BCUT2D eigenvalue weighted by Gasteiger charge is -2.16. The molecular weight excluding hydrogens is 276 g/mol. The van der Waals surface area contributed by atoms with Crippen LogP contribution in [0.4, 0.5) is 0 Å². The highest BCUT2D eigenvalue weighted by atomic mass is 16.5. The summed E-state index contributed by atoms with van der Waals surface area (Å²) in [5.41, 5.74) is 5.22. The lowest BCUT2D eigenvalue weighted by atomic mass is 9.94. The van der Waals surface area contributed by atoms with Crippen molar-refractivity contribution < 1.29 is 14.3 Å². The molecule has 3 nitrogen and oxygen atoms in total. The molecule has 0 N–H and O–H groups in total. The zero-order valence-corrected chi connectivity index (χ0v) is 13.0. The molecule has 0 unspecified atom stereocenters. The zero-order valence-electron chi connectivity index (χ0n) is 13.0. The van der Waals surface area contributed by atoms with Crippen LogP contribution in [0.1, 0.15) is 27.9 Å². The van der Waals surface area contributed by atoms with Gasteiger partial charge in [0.25, 0.3) is 0 Å². The predicted molar refractivity (Wildman–Crippen MR) is 86.6 cm³/mol. The Hall–Kier alpha value is -2.13. The van der Waals surface area contributed by atoms with E-state index in [1.165, 1.54) is 5.56 Å². The van der Waals surface area contributed by atoms with Gasteiger partial charge in [0.15, 0.2) is 0 Å². The van der Waals surface area contributed by atoms with Gasteiger partial charge >= 0.3 is 0 Å². The van der Waals surface area contributed by atoms with Crippen molar-refractivity contribution in [3.05, 3.63) is 53.1 Å². The molecule has 1 atom stereocenters. The minimum Gasteiger partial charge on any atom is -0.488 e. The number of aldehydes is 1. The van der Waals surface area contributed by atoms with E-state index in [1.54, 1.807) is 0 Å². The molecule has 0 radical (unpaired) electrons. The van der Waals surface area contributed by atoms with Crippen LogP contribution in [0.2, 0.25) is 0 Å². The van der Waals surface area contributed by atoms with Gasteiger partial charge in [-0.15, -0.1) is 0 Å². The van der Waals surface area contributed by atoms with Gasteiger partial charge in [0.05, 0.1) is 13.2 Å². The Morgan fingerprint density at radius 2 is 1.95 bits per heavy atom. The monoisotopic (exact) mass is 296 g/mol. The maximum atomic E-state index is 11.0. The summed E-state index contributed by atoms with van der Waals surface area (Å²) in [4.78, 5) is 11.0. The van der Waals surface area contributed by atoms with Gasteiger partial charge in [-0.3, -0.25) is 4.79 Å². The molecule has 0 aliphatic carbocycles. The third-order valence-electron chi connectivity index (χ3n) is 4.01. The second-order valence-electron chi connectivity index (χ2n) is 5.78. The Balaban J connectivity index is 1.93. The molecule has 1 aliphatic heterocycles. The summed E-state index contributed by atoms with van der Waals surface area (Å²) in [6, 6.07) is 11.8. The maximum Gasteiger partial charge on any atom is 0.150 e. The third-order valence-corrected chi connectivity index (χ3v) is 4.01. The highest BCUT2D eigenvalue weighted by molar-refractivity contribution is 5.80. The van der Waals surface area contributed by atoms with Crippen LogP contribution in [0, 0.1) is 13.8 Å². The topological polar surface area (TPSA) is 35.5 Å². The highest BCUT2D eigenvalue weighted by Crippen LogP contribution is 2.32. The van der Waals surface area contributed by atoms with Crippen molar-refractivity contribution in [1.29, 1.82) is 0 Å². The summed E-state index contributed by atoms with van der Waals surface area (Å²) in [5.74, 6) is 0.890. The van der Waals surface area contributed by atoms with Crippen molar-refractivity contribution >= 4 is 6.29 Å². The van der Waals surface area contributed by atoms with Crippen LogP contribution >= 0.6 is 0 Å². The molecule has 114 valence electrons. The van der Waals surface area contributed by atoms with Crippen molar-refractivity contribution in [3.8, 4) is 16.9 Å². The lowest BCUT2D eigenvalue weighted by molar-refractivity contribution is 0.112. The Kier molecular flexibility index (Phi) is 4.25. The molecule has 3 heteroatoms. The Labute approximate surface area is 130 Å². The van der Waals surface area contributed by atoms with Crippen molar-refractivity contribution in [3.63, 3.8) is 0 Å². The van der Waals surface area contributed by atoms with Gasteiger partial charge < -0.3 is 9.47 Å². The van der Waals surface area contributed by atoms with Gasteiger partial charge in [-0.25, -0.2) is 0 Å². The average molecular weight is 296 g/mol. The molecule has 0 bridgehead atoms. The summed E-state index contributed by atoms with van der Waals surface area (Å²) in [6.45, 7) is 5.60. The highest BCUT2D eigenvalue weighted by Gasteiger charge is 2.18. The van der Waals surface area contributed by atoms with E-state index in [4.69, 9.17) is 9.47 Å². The van der Waals surface area contributed by atoms with Gasteiger partial charge in [-0.05, 0) is 54.3 Å². The standard InChI is InChI=1S/C19H20O3/c1-13-8-18(22-17-6-7-21-12-17)9-14(2)19(13)16-5-3-4-15(10-16)11-20/h3-5,8-11,17H,6-7,12H2,1-2H3/t17-/m1/s1. The first kappa shape index (κ1) is 14.8. The van der Waals surface area contributed by atoms with E-state index < -0.39 is 0 Å². The summed E-state index contributed by atoms with van der Waals surface area (Å²) < 4.78 is 11.3. The third kappa shape index (κ3) is 3.04. The van der Waals surface area contributed by atoms with Gasteiger partial charge in [0.1, 0.15) is 18.1 Å². The Bertz CT molecular complexity index is 662. The van der Waals surface area contributed by atoms with E-state index in [-0.39, 0.29) is 6.10 Å². The molecule has 22 heavy (non-hydrogen) atoms. The number of ether oxygens (including phenoxy) is 2. The quantitative estimate of drug-likeness (QED) is 0.801. The maximum absolute atomic E-state index is 11.0. The SMILES string of the molecule is Cc1cc(O[C@@H]2CCOC2)cc(C)c1-c1cccc(C=O)c1. The number of rotatable bonds is 4. The number of hydrogen-bond acceptors (Lipinski definition) is 3. The van der Waals surface area contributed by atoms with Gasteiger partial charge in [-0.1, -0.05) is 18.2 Å². The Morgan fingerprint density at radius 1 is 1.18 bits per heavy atom. The molecule has 0 saturated carbocycles. The molecular formula is C19H20O3.